The minimum absolute atomic E-state index is 0.0192. The summed E-state index contributed by atoms with van der Waals surface area (Å²) in [5, 5.41) is 5.19. The third-order valence-electron chi connectivity index (χ3n) is 4.73. The maximum atomic E-state index is 12.7. The SMILES string of the molecule is CCn1c(=O)n(CCC(=O)NC(CC(C)C)c2cccs2)c2ccccc21. The van der Waals surface area contributed by atoms with Crippen LogP contribution >= 0.6 is 11.3 Å². The highest BCUT2D eigenvalue weighted by Crippen LogP contribution is 2.25. The van der Waals surface area contributed by atoms with Crippen LogP contribution in [-0.4, -0.2) is 15.0 Å². The van der Waals surface area contributed by atoms with Crippen molar-refractivity contribution in [2.75, 3.05) is 0 Å². The lowest BCUT2D eigenvalue weighted by Gasteiger charge is -2.19. The molecule has 144 valence electrons. The van der Waals surface area contributed by atoms with Gasteiger partial charge in [0.05, 0.1) is 17.1 Å². The lowest BCUT2D eigenvalue weighted by molar-refractivity contribution is -0.122. The van der Waals surface area contributed by atoms with E-state index >= 15 is 0 Å². The Kier molecular flexibility index (Phi) is 6.16. The van der Waals surface area contributed by atoms with E-state index in [2.05, 4.69) is 25.2 Å². The van der Waals surface area contributed by atoms with Crippen LogP contribution < -0.4 is 11.0 Å². The van der Waals surface area contributed by atoms with Crippen molar-refractivity contribution in [3.8, 4) is 0 Å². The molecule has 1 unspecified atom stereocenters. The molecule has 1 atom stereocenters. The maximum Gasteiger partial charge on any atom is 0.329 e. The van der Waals surface area contributed by atoms with E-state index < -0.39 is 0 Å². The maximum absolute atomic E-state index is 12.7. The normalized spacial score (nSPS) is 12.6. The van der Waals surface area contributed by atoms with Crippen LogP contribution in [0.2, 0.25) is 0 Å². The van der Waals surface area contributed by atoms with Crippen LogP contribution in [0.3, 0.4) is 0 Å². The second kappa shape index (κ2) is 8.57. The molecule has 0 aliphatic rings. The molecule has 0 aliphatic heterocycles. The molecular formula is C21H27N3O2S. The minimum Gasteiger partial charge on any atom is -0.348 e. The summed E-state index contributed by atoms with van der Waals surface area (Å²) in [6, 6.07) is 11.9. The van der Waals surface area contributed by atoms with E-state index in [1.54, 1.807) is 20.5 Å². The Balaban J connectivity index is 1.73. The van der Waals surface area contributed by atoms with Crippen molar-refractivity contribution in [3.63, 3.8) is 0 Å². The summed E-state index contributed by atoms with van der Waals surface area (Å²) in [4.78, 5) is 26.5. The molecular weight excluding hydrogens is 358 g/mol. The largest absolute Gasteiger partial charge is 0.348 e. The number of para-hydroxylation sites is 2. The molecule has 0 bridgehead atoms. The summed E-state index contributed by atoms with van der Waals surface area (Å²) in [6.07, 6.45) is 1.19. The first kappa shape index (κ1) is 19.4. The number of carbonyl (C=O) groups is 1. The number of thiophene rings is 1. The number of hydrogen-bond acceptors (Lipinski definition) is 3. The van der Waals surface area contributed by atoms with Crippen LogP contribution in [0.15, 0.2) is 46.6 Å². The number of nitrogens with one attached hydrogen (secondary N) is 1. The van der Waals surface area contributed by atoms with Crippen molar-refractivity contribution in [3.05, 3.63) is 57.1 Å². The Bertz CT molecular complexity index is 954. The van der Waals surface area contributed by atoms with Crippen molar-refractivity contribution in [1.82, 2.24) is 14.5 Å². The highest BCUT2D eigenvalue weighted by Gasteiger charge is 2.18. The van der Waals surface area contributed by atoms with Gasteiger partial charge in [-0.3, -0.25) is 13.9 Å². The molecule has 27 heavy (non-hydrogen) atoms. The lowest BCUT2D eigenvalue weighted by Crippen LogP contribution is -2.31. The second-order valence-electron chi connectivity index (χ2n) is 7.18. The smallest absolute Gasteiger partial charge is 0.329 e. The van der Waals surface area contributed by atoms with Crippen molar-refractivity contribution >= 4 is 28.3 Å². The molecule has 2 aromatic heterocycles. The molecule has 0 saturated carbocycles. The van der Waals surface area contributed by atoms with Crippen molar-refractivity contribution < 1.29 is 4.79 Å². The number of aromatic nitrogens is 2. The number of benzene rings is 1. The molecule has 0 aliphatic carbocycles. The van der Waals surface area contributed by atoms with E-state index in [1.807, 2.05) is 42.6 Å². The van der Waals surface area contributed by atoms with Gasteiger partial charge in [0, 0.05) is 24.4 Å². The zero-order valence-corrected chi connectivity index (χ0v) is 17.0. The molecule has 3 rings (SSSR count). The first-order valence-corrected chi connectivity index (χ1v) is 10.4. The molecule has 0 fully saturated rings. The fourth-order valence-corrected chi connectivity index (χ4v) is 4.27. The standard InChI is InChI=1S/C21H27N3O2S/c1-4-23-17-8-5-6-9-18(17)24(21(23)26)12-11-20(25)22-16(14-15(2)3)19-10-7-13-27-19/h5-10,13,15-16H,4,11-12,14H2,1-3H3,(H,22,25). The van der Waals surface area contributed by atoms with Gasteiger partial charge in [0.1, 0.15) is 0 Å². The molecule has 1 N–H and O–H groups in total. The van der Waals surface area contributed by atoms with Gasteiger partial charge < -0.3 is 5.32 Å². The van der Waals surface area contributed by atoms with Gasteiger partial charge in [-0.25, -0.2) is 4.79 Å². The molecule has 0 radical (unpaired) electrons. The highest BCUT2D eigenvalue weighted by atomic mass is 32.1. The number of rotatable bonds is 8. The Morgan fingerprint density at radius 1 is 1.11 bits per heavy atom. The number of fused-ring (bicyclic) bond motifs is 1. The Morgan fingerprint density at radius 2 is 1.81 bits per heavy atom. The van der Waals surface area contributed by atoms with Gasteiger partial charge in [-0.1, -0.05) is 32.0 Å². The summed E-state index contributed by atoms with van der Waals surface area (Å²) in [7, 11) is 0. The highest BCUT2D eigenvalue weighted by molar-refractivity contribution is 7.10. The second-order valence-corrected chi connectivity index (χ2v) is 8.16. The van der Waals surface area contributed by atoms with Gasteiger partial charge in [-0.05, 0) is 42.8 Å². The van der Waals surface area contributed by atoms with Crippen molar-refractivity contribution in [2.24, 2.45) is 5.92 Å². The molecule has 1 amide bonds. The minimum atomic E-state index is -0.0523. The van der Waals surface area contributed by atoms with Gasteiger partial charge in [-0.15, -0.1) is 11.3 Å². The fraction of sp³-hybridized carbons (Fsp3) is 0.429. The first-order valence-electron chi connectivity index (χ1n) is 9.52. The van der Waals surface area contributed by atoms with Crippen LogP contribution in [-0.2, 0) is 17.9 Å². The summed E-state index contributed by atoms with van der Waals surface area (Å²) in [5.41, 5.74) is 1.75. The zero-order chi connectivity index (χ0) is 19.4. The number of hydrogen-bond donors (Lipinski definition) is 1. The number of amides is 1. The summed E-state index contributed by atoms with van der Waals surface area (Å²) in [5.74, 6) is 0.469. The van der Waals surface area contributed by atoms with Gasteiger partial charge in [0.15, 0.2) is 0 Å². The van der Waals surface area contributed by atoms with Gasteiger partial charge >= 0.3 is 5.69 Å². The molecule has 1 aromatic carbocycles. The van der Waals surface area contributed by atoms with Gasteiger partial charge in [0.2, 0.25) is 5.91 Å². The van der Waals surface area contributed by atoms with E-state index in [0.29, 0.717) is 19.0 Å². The molecule has 2 heterocycles. The topological polar surface area (TPSA) is 56.0 Å². The Labute approximate surface area is 163 Å². The van der Waals surface area contributed by atoms with E-state index in [9.17, 15) is 9.59 Å². The number of aryl methyl sites for hydroxylation is 2. The van der Waals surface area contributed by atoms with E-state index in [1.165, 1.54) is 4.88 Å². The Hall–Kier alpha value is -2.34. The quantitative estimate of drug-likeness (QED) is 0.632. The van der Waals surface area contributed by atoms with Crippen molar-refractivity contribution in [2.45, 2.75) is 52.7 Å². The van der Waals surface area contributed by atoms with E-state index in [4.69, 9.17) is 0 Å². The predicted octanol–water partition coefficient (Wildman–Crippen LogP) is 4.18. The molecule has 0 saturated heterocycles. The first-order chi connectivity index (χ1) is 13.0. The van der Waals surface area contributed by atoms with Gasteiger partial charge in [-0.2, -0.15) is 0 Å². The third kappa shape index (κ3) is 4.33. The van der Waals surface area contributed by atoms with Crippen LogP contribution in [0.25, 0.3) is 11.0 Å². The van der Waals surface area contributed by atoms with Crippen LogP contribution in [0.4, 0.5) is 0 Å². The summed E-state index contributed by atoms with van der Waals surface area (Å²) >= 11 is 1.67. The van der Waals surface area contributed by atoms with E-state index in [0.717, 1.165) is 17.5 Å². The zero-order valence-electron chi connectivity index (χ0n) is 16.1. The third-order valence-corrected chi connectivity index (χ3v) is 5.72. The molecule has 3 aromatic rings. The molecule has 6 heteroatoms. The molecule has 0 spiro atoms. The average Bonchev–Trinajstić information content (AvgIpc) is 3.25. The fourth-order valence-electron chi connectivity index (χ4n) is 3.48. The molecule has 5 nitrogen and oxygen atoms in total. The summed E-state index contributed by atoms with van der Waals surface area (Å²) in [6.45, 7) is 7.28. The van der Waals surface area contributed by atoms with Gasteiger partial charge in [0.25, 0.3) is 0 Å². The lowest BCUT2D eigenvalue weighted by atomic mass is 10.0. The predicted molar refractivity (Wildman–Crippen MR) is 111 cm³/mol. The number of nitrogens with zero attached hydrogens (tertiary/aromatic N) is 2. The number of carbonyl (C=O) groups excluding carboxylic acids is 1. The van der Waals surface area contributed by atoms with Crippen LogP contribution in [0.1, 0.15) is 44.5 Å². The van der Waals surface area contributed by atoms with Crippen molar-refractivity contribution in [1.29, 1.82) is 0 Å². The van der Waals surface area contributed by atoms with Crippen LogP contribution in [0, 0.1) is 5.92 Å². The Morgan fingerprint density at radius 3 is 2.41 bits per heavy atom. The number of imidazole rings is 1. The van der Waals surface area contributed by atoms with Crippen LogP contribution in [0.5, 0.6) is 0 Å². The monoisotopic (exact) mass is 385 g/mol. The average molecular weight is 386 g/mol. The summed E-state index contributed by atoms with van der Waals surface area (Å²) < 4.78 is 3.46. The van der Waals surface area contributed by atoms with E-state index in [-0.39, 0.29) is 24.1 Å².